The number of likely N-dealkylation sites (tertiary alicyclic amines) is 1. The van der Waals surface area contributed by atoms with Gasteiger partial charge in [0.2, 0.25) is 11.8 Å². The van der Waals surface area contributed by atoms with Crippen molar-refractivity contribution in [3.8, 4) is 11.5 Å². The molecule has 2 aliphatic rings. The third-order valence-electron chi connectivity index (χ3n) is 5.91. The van der Waals surface area contributed by atoms with Crippen LogP contribution in [0, 0.1) is 18.2 Å². The first kappa shape index (κ1) is 16.6. The molecular formula is C20H21FN4O2. The third kappa shape index (κ3) is 3.16. The molecule has 1 saturated heterocycles. The summed E-state index contributed by atoms with van der Waals surface area (Å²) in [6.45, 7) is 4.81. The minimum atomic E-state index is -0.301. The molecule has 5 rings (SSSR count). The zero-order valence-electron chi connectivity index (χ0n) is 15.2. The predicted molar refractivity (Wildman–Crippen MR) is 95.2 cm³/mol. The SMILES string of the molecule is Cc1cc(CN2CCC3(CC2)C[C@@H]3c2nnc(-c3cccc(F)c3)o2)on1. The lowest BCUT2D eigenvalue weighted by Crippen LogP contribution is -2.34. The van der Waals surface area contributed by atoms with Gasteiger partial charge in [0.1, 0.15) is 5.82 Å². The lowest BCUT2D eigenvalue weighted by Gasteiger charge is -2.31. The Bertz CT molecular complexity index is 958. The van der Waals surface area contributed by atoms with Gasteiger partial charge in [-0.3, -0.25) is 4.90 Å². The highest BCUT2D eigenvalue weighted by Crippen LogP contribution is 2.64. The van der Waals surface area contributed by atoms with Crippen LogP contribution >= 0.6 is 0 Å². The zero-order chi connectivity index (χ0) is 18.4. The maximum absolute atomic E-state index is 13.4. The highest BCUT2D eigenvalue weighted by atomic mass is 19.1. The van der Waals surface area contributed by atoms with Crippen molar-refractivity contribution in [3.05, 3.63) is 53.5 Å². The van der Waals surface area contributed by atoms with Crippen LogP contribution in [-0.2, 0) is 6.54 Å². The van der Waals surface area contributed by atoms with Crippen molar-refractivity contribution in [1.29, 1.82) is 0 Å². The fourth-order valence-corrected chi connectivity index (χ4v) is 4.23. The van der Waals surface area contributed by atoms with Crippen LogP contribution in [0.5, 0.6) is 0 Å². The Labute approximate surface area is 156 Å². The van der Waals surface area contributed by atoms with Gasteiger partial charge in [-0.05, 0) is 62.9 Å². The van der Waals surface area contributed by atoms with Crippen LogP contribution in [-0.4, -0.2) is 33.3 Å². The molecule has 0 N–H and O–H groups in total. The van der Waals surface area contributed by atoms with Crippen molar-refractivity contribution in [1.82, 2.24) is 20.3 Å². The van der Waals surface area contributed by atoms with E-state index in [1.165, 1.54) is 12.1 Å². The molecule has 1 aliphatic carbocycles. The van der Waals surface area contributed by atoms with E-state index >= 15 is 0 Å². The summed E-state index contributed by atoms with van der Waals surface area (Å²) in [5.41, 5.74) is 1.83. The second-order valence-electron chi connectivity index (χ2n) is 7.79. The maximum atomic E-state index is 13.4. The topological polar surface area (TPSA) is 68.2 Å². The summed E-state index contributed by atoms with van der Waals surface area (Å²) < 4.78 is 24.6. The second kappa shape index (κ2) is 6.27. The molecule has 7 heteroatoms. The molecule has 1 spiro atoms. The molecule has 1 atom stereocenters. The number of piperidine rings is 1. The van der Waals surface area contributed by atoms with E-state index in [9.17, 15) is 4.39 Å². The monoisotopic (exact) mass is 368 g/mol. The Kier molecular flexibility index (Phi) is 3.86. The first-order valence-electron chi connectivity index (χ1n) is 9.35. The van der Waals surface area contributed by atoms with Gasteiger partial charge in [-0.25, -0.2) is 4.39 Å². The Morgan fingerprint density at radius 3 is 2.81 bits per heavy atom. The average molecular weight is 368 g/mol. The number of hydrogen-bond acceptors (Lipinski definition) is 6. The van der Waals surface area contributed by atoms with Gasteiger partial charge in [0.15, 0.2) is 5.76 Å². The van der Waals surface area contributed by atoms with Gasteiger partial charge in [-0.2, -0.15) is 0 Å². The number of benzene rings is 1. The summed E-state index contributed by atoms with van der Waals surface area (Å²) in [6, 6.07) is 8.26. The Morgan fingerprint density at radius 2 is 2.07 bits per heavy atom. The van der Waals surface area contributed by atoms with Gasteiger partial charge < -0.3 is 8.94 Å². The number of rotatable bonds is 4. The van der Waals surface area contributed by atoms with Crippen molar-refractivity contribution in [3.63, 3.8) is 0 Å². The lowest BCUT2D eigenvalue weighted by molar-refractivity contribution is 0.147. The van der Waals surface area contributed by atoms with E-state index in [1.54, 1.807) is 12.1 Å². The van der Waals surface area contributed by atoms with Crippen molar-refractivity contribution in [2.24, 2.45) is 5.41 Å². The summed E-state index contributed by atoms with van der Waals surface area (Å²) in [6.07, 6.45) is 3.32. The number of aryl methyl sites for hydroxylation is 1. The molecule has 2 fully saturated rings. The van der Waals surface area contributed by atoms with Crippen LogP contribution in [0.15, 0.2) is 39.3 Å². The summed E-state index contributed by atoms with van der Waals surface area (Å²) in [4.78, 5) is 2.41. The lowest BCUT2D eigenvalue weighted by atomic mass is 9.90. The van der Waals surface area contributed by atoms with E-state index in [0.29, 0.717) is 23.3 Å². The molecule has 0 amide bonds. The van der Waals surface area contributed by atoms with Crippen molar-refractivity contribution < 1.29 is 13.3 Å². The second-order valence-corrected chi connectivity index (χ2v) is 7.79. The van der Waals surface area contributed by atoms with Gasteiger partial charge in [-0.15, -0.1) is 10.2 Å². The molecule has 27 heavy (non-hydrogen) atoms. The van der Waals surface area contributed by atoms with Crippen LogP contribution in [0.25, 0.3) is 11.5 Å². The smallest absolute Gasteiger partial charge is 0.247 e. The molecule has 3 aromatic rings. The van der Waals surface area contributed by atoms with Crippen molar-refractivity contribution in [2.45, 2.75) is 38.6 Å². The van der Waals surface area contributed by atoms with E-state index in [4.69, 9.17) is 8.94 Å². The number of aromatic nitrogens is 3. The standard InChI is InChI=1S/C20H21FN4O2/c1-13-9-16(27-24-13)12-25-7-5-20(6-8-25)11-17(20)19-23-22-18(26-19)14-3-2-4-15(21)10-14/h2-4,9-10,17H,5-8,11-12H2,1H3/t17-/m1/s1. The van der Waals surface area contributed by atoms with Gasteiger partial charge in [0.05, 0.1) is 12.2 Å². The normalized spacial score (nSPS) is 21.6. The number of nitrogens with zero attached hydrogens (tertiary/aromatic N) is 4. The van der Waals surface area contributed by atoms with E-state index in [2.05, 4.69) is 20.3 Å². The summed E-state index contributed by atoms with van der Waals surface area (Å²) >= 11 is 0. The summed E-state index contributed by atoms with van der Waals surface area (Å²) in [5, 5.41) is 12.3. The maximum Gasteiger partial charge on any atom is 0.247 e. The van der Waals surface area contributed by atoms with E-state index in [-0.39, 0.29) is 11.2 Å². The largest absolute Gasteiger partial charge is 0.420 e. The van der Waals surface area contributed by atoms with Crippen LogP contribution in [0.2, 0.25) is 0 Å². The molecule has 1 aliphatic heterocycles. The molecule has 1 saturated carbocycles. The van der Waals surface area contributed by atoms with Gasteiger partial charge in [-0.1, -0.05) is 11.2 Å². The quantitative estimate of drug-likeness (QED) is 0.695. The van der Waals surface area contributed by atoms with Crippen LogP contribution in [0.3, 0.4) is 0 Å². The Hall–Kier alpha value is -2.54. The molecular weight excluding hydrogens is 347 g/mol. The summed E-state index contributed by atoms with van der Waals surface area (Å²) in [5.74, 6) is 2.03. The first-order chi connectivity index (χ1) is 13.1. The molecule has 3 heterocycles. The minimum absolute atomic E-state index is 0.277. The fraction of sp³-hybridized carbons (Fsp3) is 0.450. The highest BCUT2D eigenvalue weighted by Gasteiger charge is 2.58. The summed E-state index contributed by atoms with van der Waals surface area (Å²) in [7, 11) is 0. The Morgan fingerprint density at radius 1 is 1.22 bits per heavy atom. The van der Waals surface area contributed by atoms with Gasteiger partial charge in [0, 0.05) is 17.5 Å². The first-order valence-corrected chi connectivity index (χ1v) is 9.35. The molecule has 2 aromatic heterocycles. The van der Waals surface area contributed by atoms with Crippen molar-refractivity contribution in [2.75, 3.05) is 13.1 Å². The third-order valence-corrected chi connectivity index (χ3v) is 5.91. The molecule has 0 bridgehead atoms. The van der Waals surface area contributed by atoms with Crippen LogP contribution in [0.4, 0.5) is 4.39 Å². The van der Waals surface area contributed by atoms with E-state index in [0.717, 1.165) is 50.4 Å². The average Bonchev–Trinajstić information content (AvgIpc) is 2.99. The fourth-order valence-electron chi connectivity index (χ4n) is 4.23. The number of halogens is 1. The predicted octanol–water partition coefficient (Wildman–Crippen LogP) is 3.94. The van der Waals surface area contributed by atoms with E-state index in [1.807, 2.05) is 13.0 Å². The number of hydrogen-bond donors (Lipinski definition) is 0. The molecule has 140 valence electrons. The van der Waals surface area contributed by atoms with Crippen LogP contribution < -0.4 is 0 Å². The van der Waals surface area contributed by atoms with Crippen LogP contribution in [0.1, 0.15) is 42.5 Å². The minimum Gasteiger partial charge on any atom is -0.420 e. The Balaban J connectivity index is 1.22. The molecule has 1 aromatic carbocycles. The van der Waals surface area contributed by atoms with Crippen molar-refractivity contribution >= 4 is 0 Å². The van der Waals surface area contributed by atoms with Gasteiger partial charge >= 0.3 is 0 Å². The molecule has 0 unspecified atom stereocenters. The highest BCUT2D eigenvalue weighted by molar-refractivity contribution is 5.52. The van der Waals surface area contributed by atoms with E-state index < -0.39 is 0 Å². The van der Waals surface area contributed by atoms with Gasteiger partial charge in [0.25, 0.3) is 0 Å². The molecule has 6 nitrogen and oxygen atoms in total. The molecule has 0 radical (unpaired) electrons. The zero-order valence-corrected chi connectivity index (χ0v) is 15.2.